The summed E-state index contributed by atoms with van der Waals surface area (Å²) in [6, 6.07) is 16.4. The van der Waals surface area contributed by atoms with Gasteiger partial charge >= 0.3 is 0 Å². The van der Waals surface area contributed by atoms with Gasteiger partial charge in [-0.25, -0.2) is 0 Å². The van der Waals surface area contributed by atoms with Crippen LogP contribution < -0.4 is 4.74 Å². The maximum Gasteiger partial charge on any atom is 0.145 e. The molecule has 0 saturated heterocycles. The molecule has 0 aromatic heterocycles. The predicted octanol–water partition coefficient (Wildman–Crippen LogP) is 3.53. The first kappa shape index (κ1) is 11.7. The van der Waals surface area contributed by atoms with E-state index in [0.717, 1.165) is 5.56 Å². The van der Waals surface area contributed by atoms with Crippen molar-refractivity contribution >= 4 is 0 Å². The zero-order chi connectivity index (χ0) is 13.0. The maximum absolute atomic E-state index is 8.97. The summed E-state index contributed by atoms with van der Waals surface area (Å²) in [4.78, 5) is 0. The molecular weight excluding hydrogens is 224 g/mol. The van der Waals surface area contributed by atoms with Gasteiger partial charge < -0.3 is 4.74 Å². The summed E-state index contributed by atoms with van der Waals surface area (Å²) in [5, 5.41) is 17.8. The third kappa shape index (κ3) is 2.31. The highest BCUT2D eigenvalue weighted by atomic mass is 16.5. The van der Waals surface area contributed by atoms with Crippen molar-refractivity contribution in [2.45, 2.75) is 6.92 Å². The molecule has 18 heavy (non-hydrogen) atoms. The Balaban J connectivity index is 2.36. The van der Waals surface area contributed by atoms with Crippen LogP contribution in [0.1, 0.15) is 16.7 Å². The van der Waals surface area contributed by atoms with Crippen molar-refractivity contribution in [1.29, 1.82) is 10.5 Å². The Kier molecular flexibility index (Phi) is 3.27. The third-order valence-corrected chi connectivity index (χ3v) is 2.53. The van der Waals surface area contributed by atoms with Gasteiger partial charge in [-0.3, -0.25) is 0 Å². The smallest absolute Gasteiger partial charge is 0.145 e. The minimum absolute atomic E-state index is 0.487. The molecule has 0 aliphatic rings. The average Bonchev–Trinajstić information content (AvgIpc) is 2.41. The van der Waals surface area contributed by atoms with Crippen LogP contribution in [0.4, 0.5) is 0 Å². The van der Waals surface area contributed by atoms with E-state index in [2.05, 4.69) is 12.1 Å². The molecule has 0 radical (unpaired) electrons. The molecule has 0 fully saturated rings. The molecule has 0 amide bonds. The zero-order valence-electron chi connectivity index (χ0n) is 9.84. The second-order valence-electron chi connectivity index (χ2n) is 3.80. The summed E-state index contributed by atoms with van der Waals surface area (Å²) in [6.45, 7) is 1.87. The lowest BCUT2D eigenvalue weighted by atomic mass is 10.1. The quantitative estimate of drug-likeness (QED) is 0.798. The largest absolute Gasteiger partial charge is 0.456 e. The molecule has 0 bridgehead atoms. The summed E-state index contributed by atoms with van der Waals surface area (Å²) in [7, 11) is 0. The Morgan fingerprint density at radius 3 is 2.39 bits per heavy atom. The number of rotatable bonds is 2. The van der Waals surface area contributed by atoms with Gasteiger partial charge in [0.1, 0.15) is 17.6 Å². The first-order chi connectivity index (χ1) is 8.74. The molecule has 2 aromatic carbocycles. The topological polar surface area (TPSA) is 56.8 Å². The number of hydrogen-bond acceptors (Lipinski definition) is 3. The molecule has 3 nitrogen and oxygen atoms in total. The predicted molar refractivity (Wildman–Crippen MR) is 67.1 cm³/mol. The van der Waals surface area contributed by atoms with Crippen molar-refractivity contribution in [3.05, 3.63) is 59.2 Å². The van der Waals surface area contributed by atoms with E-state index in [4.69, 9.17) is 15.3 Å². The van der Waals surface area contributed by atoms with Crippen LogP contribution in [0, 0.1) is 29.6 Å². The fraction of sp³-hybridized carbons (Fsp3) is 0.0667. The summed E-state index contributed by atoms with van der Waals surface area (Å²) in [5.41, 5.74) is 1.94. The van der Waals surface area contributed by atoms with Gasteiger partial charge in [0.2, 0.25) is 0 Å². The number of nitriles is 2. The lowest BCUT2D eigenvalue weighted by Crippen LogP contribution is -1.91. The van der Waals surface area contributed by atoms with Gasteiger partial charge in [-0.05, 0) is 42.8 Å². The van der Waals surface area contributed by atoms with Crippen LogP contribution in [0.3, 0.4) is 0 Å². The number of benzene rings is 2. The van der Waals surface area contributed by atoms with Gasteiger partial charge in [0, 0.05) is 0 Å². The van der Waals surface area contributed by atoms with Crippen molar-refractivity contribution < 1.29 is 4.74 Å². The van der Waals surface area contributed by atoms with Crippen LogP contribution in [0.5, 0.6) is 11.5 Å². The minimum Gasteiger partial charge on any atom is -0.456 e. The number of nitrogens with zero attached hydrogens (tertiary/aromatic N) is 2. The van der Waals surface area contributed by atoms with E-state index in [1.165, 1.54) is 0 Å². The molecule has 0 aliphatic heterocycles. The summed E-state index contributed by atoms with van der Waals surface area (Å²) in [5.74, 6) is 1.17. The number of aryl methyl sites for hydroxylation is 1. The van der Waals surface area contributed by atoms with Crippen LogP contribution in [0.15, 0.2) is 42.5 Å². The second-order valence-corrected chi connectivity index (χ2v) is 3.80. The van der Waals surface area contributed by atoms with Crippen molar-refractivity contribution in [2.24, 2.45) is 0 Å². The molecule has 0 spiro atoms. The highest BCUT2D eigenvalue weighted by molar-refractivity contribution is 5.48. The normalized spacial score (nSPS) is 9.28. The van der Waals surface area contributed by atoms with Crippen LogP contribution >= 0.6 is 0 Å². The van der Waals surface area contributed by atoms with Crippen molar-refractivity contribution in [1.82, 2.24) is 0 Å². The van der Waals surface area contributed by atoms with E-state index >= 15 is 0 Å². The van der Waals surface area contributed by atoms with Gasteiger partial charge in [0.15, 0.2) is 0 Å². The molecule has 0 atom stereocenters. The fourth-order valence-corrected chi connectivity index (χ4v) is 1.60. The monoisotopic (exact) mass is 234 g/mol. The maximum atomic E-state index is 8.97. The molecule has 0 unspecified atom stereocenters. The molecule has 0 N–H and O–H groups in total. The SMILES string of the molecule is Cc1cc(C#N)ccc1Oc1ccccc1C#N. The second kappa shape index (κ2) is 5.03. The molecule has 2 rings (SSSR count). The van der Waals surface area contributed by atoms with E-state index in [1.807, 2.05) is 13.0 Å². The van der Waals surface area contributed by atoms with Crippen molar-refractivity contribution in [2.75, 3.05) is 0 Å². The number of ether oxygens (including phenoxy) is 1. The Hall–Kier alpha value is -2.78. The molecular formula is C15H10N2O. The van der Waals surface area contributed by atoms with E-state index in [1.54, 1.807) is 36.4 Å². The van der Waals surface area contributed by atoms with E-state index < -0.39 is 0 Å². The number of para-hydroxylation sites is 1. The van der Waals surface area contributed by atoms with Gasteiger partial charge in [-0.1, -0.05) is 12.1 Å². The highest BCUT2D eigenvalue weighted by Gasteiger charge is 2.06. The lowest BCUT2D eigenvalue weighted by molar-refractivity contribution is 0.477. The van der Waals surface area contributed by atoms with Gasteiger partial charge in [-0.2, -0.15) is 10.5 Å². The van der Waals surface area contributed by atoms with E-state index in [9.17, 15) is 0 Å². The van der Waals surface area contributed by atoms with Crippen molar-refractivity contribution in [3.63, 3.8) is 0 Å². The van der Waals surface area contributed by atoms with Gasteiger partial charge in [0.05, 0.1) is 17.2 Å². The molecule has 0 aliphatic carbocycles. The first-order valence-electron chi connectivity index (χ1n) is 5.42. The summed E-state index contributed by atoms with van der Waals surface area (Å²) >= 11 is 0. The van der Waals surface area contributed by atoms with E-state index in [-0.39, 0.29) is 0 Å². The molecule has 3 heteroatoms. The van der Waals surface area contributed by atoms with Gasteiger partial charge in [-0.15, -0.1) is 0 Å². The molecule has 86 valence electrons. The Morgan fingerprint density at radius 2 is 1.72 bits per heavy atom. The zero-order valence-corrected chi connectivity index (χ0v) is 9.84. The fourth-order valence-electron chi connectivity index (χ4n) is 1.60. The van der Waals surface area contributed by atoms with E-state index in [0.29, 0.717) is 22.6 Å². The third-order valence-electron chi connectivity index (χ3n) is 2.53. The molecule has 0 saturated carbocycles. The number of hydrogen-bond donors (Lipinski definition) is 0. The highest BCUT2D eigenvalue weighted by Crippen LogP contribution is 2.27. The van der Waals surface area contributed by atoms with Crippen LogP contribution in [0.25, 0.3) is 0 Å². The Bertz CT molecular complexity index is 663. The average molecular weight is 234 g/mol. The lowest BCUT2D eigenvalue weighted by Gasteiger charge is -2.09. The molecule has 2 aromatic rings. The van der Waals surface area contributed by atoms with Crippen LogP contribution in [0.2, 0.25) is 0 Å². The summed E-state index contributed by atoms with van der Waals surface area (Å²) < 4.78 is 5.70. The minimum atomic E-state index is 0.487. The Labute approximate surface area is 105 Å². The van der Waals surface area contributed by atoms with Crippen LogP contribution in [-0.4, -0.2) is 0 Å². The standard InChI is InChI=1S/C15H10N2O/c1-11-8-12(9-16)6-7-14(11)18-15-5-3-2-4-13(15)10-17/h2-8H,1H3. The summed E-state index contributed by atoms with van der Waals surface area (Å²) in [6.07, 6.45) is 0. The van der Waals surface area contributed by atoms with Crippen molar-refractivity contribution in [3.8, 4) is 23.6 Å². The first-order valence-corrected chi connectivity index (χ1v) is 5.42. The Morgan fingerprint density at radius 1 is 0.944 bits per heavy atom. The van der Waals surface area contributed by atoms with Crippen LogP contribution in [-0.2, 0) is 0 Å². The molecule has 0 heterocycles. The van der Waals surface area contributed by atoms with Gasteiger partial charge in [0.25, 0.3) is 0 Å².